The van der Waals surface area contributed by atoms with Crippen molar-refractivity contribution in [1.29, 1.82) is 0 Å². The fraction of sp³-hybridized carbons (Fsp3) is 0.235. The van der Waals surface area contributed by atoms with Gasteiger partial charge in [-0.2, -0.15) is 0 Å². The first-order valence-corrected chi connectivity index (χ1v) is 7.29. The van der Waals surface area contributed by atoms with E-state index in [0.717, 1.165) is 22.3 Å². The lowest BCUT2D eigenvalue weighted by molar-refractivity contribution is -0.122. The molecule has 0 aliphatic rings. The molecule has 0 saturated carbocycles. The summed E-state index contributed by atoms with van der Waals surface area (Å²) >= 11 is 0. The Hall–Kier alpha value is -2.69. The quantitative estimate of drug-likeness (QED) is 0.804. The number of nitrogens with zero attached hydrogens (tertiary/aromatic N) is 3. The molecule has 0 saturated heterocycles. The number of fused-ring (bicyclic) bond motifs is 1. The Kier molecular flexibility index (Phi) is 3.87. The summed E-state index contributed by atoms with van der Waals surface area (Å²) in [5, 5.41) is 3.95. The Morgan fingerprint density at radius 1 is 1.23 bits per heavy atom. The van der Waals surface area contributed by atoms with Crippen molar-refractivity contribution < 1.29 is 4.79 Å². The van der Waals surface area contributed by atoms with E-state index in [0.29, 0.717) is 0 Å². The molecule has 5 nitrogen and oxygen atoms in total. The van der Waals surface area contributed by atoms with Gasteiger partial charge >= 0.3 is 0 Å². The van der Waals surface area contributed by atoms with Crippen LogP contribution in [-0.4, -0.2) is 26.5 Å². The maximum absolute atomic E-state index is 11.9. The van der Waals surface area contributed by atoms with E-state index in [1.807, 2.05) is 54.9 Å². The van der Waals surface area contributed by atoms with Crippen molar-refractivity contribution in [3.05, 3.63) is 48.9 Å². The third-order valence-electron chi connectivity index (χ3n) is 3.34. The van der Waals surface area contributed by atoms with Gasteiger partial charge in [0.25, 0.3) is 0 Å². The van der Waals surface area contributed by atoms with Crippen LogP contribution in [0.15, 0.2) is 48.9 Å². The molecule has 0 atom stereocenters. The summed E-state index contributed by atoms with van der Waals surface area (Å²) in [7, 11) is 0. The van der Waals surface area contributed by atoms with Crippen LogP contribution in [0.3, 0.4) is 0 Å². The molecule has 0 aliphatic heterocycles. The normalized spacial score (nSPS) is 11.0. The average Bonchev–Trinajstić information content (AvgIpc) is 2.94. The highest BCUT2D eigenvalue weighted by Crippen LogP contribution is 2.22. The van der Waals surface area contributed by atoms with Gasteiger partial charge in [0.15, 0.2) is 0 Å². The molecule has 5 heteroatoms. The van der Waals surface area contributed by atoms with Crippen molar-refractivity contribution in [3.8, 4) is 11.4 Å². The van der Waals surface area contributed by atoms with Gasteiger partial charge in [0, 0.05) is 35.6 Å². The number of amides is 1. The fourth-order valence-corrected chi connectivity index (χ4v) is 2.43. The largest absolute Gasteiger partial charge is 0.352 e. The lowest BCUT2D eigenvalue weighted by Crippen LogP contribution is -2.33. The molecule has 1 amide bonds. The van der Waals surface area contributed by atoms with Crippen molar-refractivity contribution in [2.45, 2.75) is 26.4 Å². The van der Waals surface area contributed by atoms with Gasteiger partial charge in [-0.15, -0.1) is 0 Å². The zero-order chi connectivity index (χ0) is 15.5. The van der Waals surface area contributed by atoms with Gasteiger partial charge in [-0.05, 0) is 38.1 Å². The molecule has 1 N–H and O–H groups in total. The number of nitrogens with one attached hydrogen (secondary N) is 1. The number of pyridine rings is 1. The van der Waals surface area contributed by atoms with Crippen LogP contribution < -0.4 is 5.32 Å². The molecular weight excluding hydrogens is 276 g/mol. The average molecular weight is 294 g/mol. The van der Waals surface area contributed by atoms with E-state index in [1.165, 1.54) is 0 Å². The third kappa shape index (κ3) is 2.98. The van der Waals surface area contributed by atoms with E-state index in [1.54, 1.807) is 12.4 Å². The van der Waals surface area contributed by atoms with Gasteiger partial charge in [-0.1, -0.05) is 6.07 Å². The van der Waals surface area contributed by atoms with E-state index in [-0.39, 0.29) is 18.5 Å². The first-order chi connectivity index (χ1) is 10.6. The molecule has 0 spiro atoms. The second kappa shape index (κ2) is 5.97. The van der Waals surface area contributed by atoms with Crippen LogP contribution in [0.5, 0.6) is 0 Å². The summed E-state index contributed by atoms with van der Waals surface area (Å²) in [6, 6.07) is 10.1. The lowest BCUT2D eigenvalue weighted by Gasteiger charge is -2.11. The number of aromatic nitrogens is 3. The van der Waals surface area contributed by atoms with Gasteiger partial charge in [-0.3, -0.25) is 9.78 Å². The van der Waals surface area contributed by atoms with Crippen molar-refractivity contribution >= 4 is 16.8 Å². The molecule has 0 aliphatic carbocycles. The van der Waals surface area contributed by atoms with Crippen molar-refractivity contribution in [2.75, 3.05) is 0 Å². The summed E-state index contributed by atoms with van der Waals surface area (Å²) in [6.45, 7) is 4.16. The summed E-state index contributed by atoms with van der Waals surface area (Å²) in [4.78, 5) is 20.7. The van der Waals surface area contributed by atoms with Gasteiger partial charge in [0.2, 0.25) is 5.91 Å². The number of rotatable bonds is 4. The summed E-state index contributed by atoms with van der Waals surface area (Å²) in [6.07, 6.45) is 5.31. The summed E-state index contributed by atoms with van der Waals surface area (Å²) in [5.74, 6) is 0.765. The lowest BCUT2D eigenvalue weighted by atomic mass is 10.1. The number of hydrogen-bond acceptors (Lipinski definition) is 3. The highest BCUT2D eigenvalue weighted by molar-refractivity contribution is 5.83. The maximum atomic E-state index is 11.9. The molecule has 112 valence electrons. The SMILES string of the molecule is CC(C)NC(=O)Cn1ccnc1-c1ccc2ncccc2c1. The van der Waals surface area contributed by atoms with Crippen molar-refractivity contribution in [2.24, 2.45) is 0 Å². The van der Waals surface area contributed by atoms with E-state index in [9.17, 15) is 4.79 Å². The molecule has 2 aromatic heterocycles. The molecule has 0 unspecified atom stereocenters. The van der Waals surface area contributed by atoms with Crippen LogP contribution in [0.1, 0.15) is 13.8 Å². The van der Waals surface area contributed by atoms with Crippen LogP contribution in [0.2, 0.25) is 0 Å². The highest BCUT2D eigenvalue weighted by Gasteiger charge is 2.11. The molecular formula is C17H18N4O. The van der Waals surface area contributed by atoms with Gasteiger partial charge in [0.05, 0.1) is 5.52 Å². The molecule has 3 aromatic rings. The number of carbonyl (C=O) groups excluding carboxylic acids is 1. The Bertz CT molecular complexity index is 807. The molecule has 0 radical (unpaired) electrons. The Labute approximate surface area is 129 Å². The summed E-state index contributed by atoms with van der Waals surface area (Å²) in [5.41, 5.74) is 1.92. The van der Waals surface area contributed by atoms with Gasteiger partial charge < -0.3 is 9.88 Å². The first-order valence-electron chi connectivity index (χ1n) is 7.29. The monoisotopic (exact) mass is 294 g/mol. The van der Waals surface area contributed by atoms with Crippen LogP contribution in [-0.2, 0) is 11.3 Å². The Morgan fingerprint density at radius 2 is 2.09 bits per heavy atom. The van der Waals surface area contributed by atoms with E-state index in [2.05, 4.69) is 15.3 Å². The van der Waals surface area contributed by atoms with Crippen LogP contribution in [0.4, 0.5) is 0 Å². The number of carbonyl (C=O) groups is 1. The fourth-order valence-electron chi connectivity index (χ4n) is 2.43. The van der Waals surface area contributed by atoms with Gasteiger partial charge in [-0.25, -0.2) is 4.98 Å². The minimum atomic E-state index is -0.0169. The molecule has 0 fully saturated rings. The zero-order valence-corrected chi connectivity index (χ0v) is 12.7. The second-order valence-corrected chi connectivity index (χ2v) is 5.51. The number of imidazole rings is 1. The topological polar surface area (TPSA) is 59.8 Å². The van der Waals surface area contributed by atoms with E-state index >= 15 is 0 Å². The van der Waals surface area contributed by atoms with Crippen LogP contribution in [0, 0.1) is 0 Å². The Balaban J connectivity index is 1.91. The molecule has 1 aromatic carbocycles. The Morgan fingerprint density at radius 3 is 2.91 bits per heavy atom. The molecule has 3 rings (SSSR count). The second-order valence-electron chi connectivity index (χ2n) is 5.51. The van der Waals surface area contributed by atoms with Crippen LogP contribution in [0.25, 0.3) is 22.3 Å². The molecule has 0 bridgehead atoms. The summed E-state index contributed by atoms with van der Waals surface area (Å²) < 4.78 is 1.86. The number of benzene rings is 1. The minimum Gasteiger partial charge on any atom is -0.352 e. The standard InChI is InChI=1S/C17H18N4O/c1-12(2)20-16(22)11-21-9-8-19-17(21)14-5-6-15-13(10-14)4-3-7-18-15/h3-10,12H,11H2,1-2H3,(H,20,22). The zero-order valence-electron chi connectivity index (χ0n) is 12.7. The van der Waals surface area contributed by atoms with E-state index in [4.69, 9.17) is 0 Å². The molecule has 2 heterocycles. The first kappa shape index (κ1) is 14.3. The smallest absolute Gasteiger partial charge is 0.240 e. The van der Waals surface area contributed by atoms with E-state index < -0.39 is 0 Å². The predicted octanol–water partition coefficient (Wildman–Crippen LogP) is 2.62. The maximum Gasteiger partial charge on any atom is 0.240 e. The predicted molar refractivity (Wildman–Crippen MR) is 86.2 cm³/mol. The molecule has 22 heavy (non-hydrogen) atoms. The van der Waals surface area contributed by atoms with Crippen LogP contribution >= 0.6 is 0 Å². The highest BCUT2D eigenvalue weighted by atomic mass is 16.2. The number of hydrogen-bond donors (Lipinski definition) is 1. The van der Waals surface area contributed by atoms with Gasteiger partial charge in [0.1, 0.15) is 12.4 Å². The van der Waals surface area contributed by atoms with Crippen molar-refractivity contribution in [1.82, 2.24) is 19.9 Å². The minimum absolute atomic E-state index is 0.0169. The van der Waals surface area contributed by atoms with Crippen molar-refractivity contribution in [3.63, 3.8) is 0 Å². The third-order valence-corrected chi connectivity index (χ3v) is 3.34.